The van der Waals surface area contributed by atoms with Gasteiger partial charge in [-0.2, -0.15) is 0 Å². The van der Waals surface area contributed by atoms with Gasteiger partial charge in [-0.25, -0.2) is 9.97 Å². The first kappa shape index (κ1) is 12.5. The number of nitrogens with zero attached hydrogens (tertiary/aromatic N) is 3. The number of hydrogen-bond donors (Lipinski definition) is 1. The Hall–Kier alpha value is -1.97. The maximum atomic E-state index is 4.51. The predicted octanol–water partition coefficient (Wildman–Crippen LogP) is 2.92. The molecule has 0 amide bonds. The van der Waals surface area contributed by atoms with Gasteiger partial charge < -0.3 is 5.32 Å². The summed E-state index contributed by atoms with van der Waals surface area (Å²) in [5.41, 5.74) is 3.17. The van der Waals surface area contributed by atoms with Gasteiger partial charge in [-0.3, -0.25) is 4.98 Å². The quantitative estimate of drug-likeness (QED) is 0.895. The third-order valence-corrected chi connectivity index (χ3v) is 2.64. The van der Waals surface area contributed by atoms with E-state index in [1.54, 1.807) is 6.20 Å². The molecule has 1 N–H and O–H groups in total. The highest BCUT2D eigenvalue weighted by Crippen LogP contribution is 2.14. The van der Waals surface area contributed by atoms with Gasteiger partial charge >= 0.3 is 0 Å². The van der Waals surface area contributed by atoms with Crippen LogP contribution in [0, 0.1) is 6.92 Å². The topological polar surface area (TPSA) is 50.7 Å². The highest BCUT2D eigenvalue weighted by Gasteiger charge is 2.05. The van der Waals surface area contributed by atoms with Gasteiger partial charge in [0.15, 0.2) is 0 Å². The van der Waals surface area contributed by atoms with Crippen molar-refractivity contribution in [2.24, 2.45) is 0 Å². The van der Waals surface area contributed by atoms with E-state index in [1.165, 1.54) is 0 Å². The number of nitrogens with one attached hydrogen (secondary N) is 1. The van der Waals surface area contributed by atoms with E-state index in [0.717, 1.165) is 17.0 Å². The maximum absolute atomic E-state index is 4.51. The zero-order valence-corrected chi connectivity index (χ0v) is 11.0. The largest absolute Gasteiger partial charge is 0.350 e. The van der Waals surface area contributed by atoms with E-state index in [9.17, 15) is 0 Å². The SMILES string of the molecule is Cc1cc(C(C)C)nc(NCc2cccnc2)n1. The van der Waals surface area contributed by atoms with Crippen molar-refractivity contribution in [2.75, 3.05) is 5.32 Å². The Balaban J connectivity index is 2.10. The van der Waals surface area contributed by atoms with Crippen LogP contribution < -0.4 is 5.32 Å². The number of hydrogen-bond acceptors (Lipinski definition) is 4. The predicted molar refractivity (Wildman–Crippen MR) is 72.4 cm³/mol. The first-order valence-corrected chi connectivity index (χ1v) is 6.13. The molecule has 0 aromatic carbocycles. The second-order valence-corrected chi connectivity index (χ2v) is 4.63. The van der Waals surface area contributed by atoms with Crippen molar-refractivity contribution >= 4 is 5.95 Å². The fourth-order valence-electron chi connectivity index (χ4n) is 1.65. The number of rotatable bonds is 4. The van der Waals surface area contributed by atoms with E-state index >= 15 is 0 Å². The first-order chi connectivity index (χ1) is 8.65. The Bertz CT molecular complexity index is 508. The van der Waals surface area contributed by atoms with Crippen LogP contribution in [0.15, 0.2) is 30.6 Å². The Labute approximate surface area is 108 Å². The lowest BCUT2D eigenvalue weighted by Gasteiger charge is -2.10. The third kappa shape index (κ3) is 3.26. The Morgan fingerprint density at radius 2 is 2.11 bits per heavy atom. The van der Waals surface area contributed by atoms with Crippen LogP contribution in [0.2, 0.25) is 0 Å². The molecule has 2 aromatic heterocycles. The van der Waals surface area contributed by atoms with Crippen LogP contribution in [0.1, 0.15) is 36.7 Å². The maximum Gasteiger partial charge on any atom is 0.223 e. The summed E-state index contributed by atoms with van der Waals surface area (Å²) < 4.78 is 0. The second-order valence-electron chi connectivity index (χ2n) is 4.63. The second kappa shape index (κ2) is 5.58. The standard InChI is InChI=1S/C14H18N4/c1-10(2)13-7-11(3)17-14(18-13)16-9-12-5-4-6-15-8-12/h4-8,10H,9H2,1-3H3,(H,16,17,18). The molecule has 0 radical (unpaired) electrons. The van der Waals surface area contributed by atoms with Gasteiger partial charge in [0.2, 0.25) is 5.95 Å². The lowest BCUT2D eigenvalue weighted by molar-refractivity contribution is 0.808. The molecule has 0 aliphatic carbocycles. The molecule has 0 unspecified atom stereocenters. The lowest BCUT2D eigenvalue weighted by atomic mass is 10.1. The molecule has 0 saturated heterocycles. The zero-order valence-electron chi connectivity index (χ0n) is 11.0. The normalized spacial score (nSPS) is 10.7. The number of pyridine rings is 1. The molecule has 0 saturated carbocycles. The van der Waals surface area contributed by atoms with Gasteiger partial charge in [0, 0.05) is 30.3 Å². The summed E-state index contributed by atoms with van der Waals surface area (Å²) >= 11 is 0. The highest BCUT2D eigenvalue weighted by molar-refractivity contribution is 5.30. The van der Waals surface area contributed by atoms with Crippen LogP contribution in [0.5, 0.6) is 0 Å². The number of anilines is 1. The van der Waals surface area contributed by atoms with Crippen molar-refractivity contribution in [2.45, 2.75) is 33.2 Å². The van der Waals surface area contributed by atoms with Gasteiger partial charge in [0.1, 0.15) is 0 Å². The Kier molecular flexibility index (Phi) is 3.87. The Morgan fingerprint density at radius 3 is 2.78 bits per heavy atom. The first-order valence-electron chi connectivity index (χ1n) is 6.13. The summed E-state index contributed by atoms with van der Waals surface area (Å²) in [6.07, 6.45) is 3.61. The van der Waals surface area contributed by atoms with Crippen LogP contribution in [-0.2, 0) is 6.54 Å². The minimum absolute atomic E-state index is 0.408. The molecule has 0 fully saturated rings. The monoisotopic (exact) mass is 242 g/mol. The van der Waals surface area contributed by atoms with Gasteiger partial charge in [-0.1, -0.05) is 19.9 Å². The third-order valence-electron chi connectivity index (χ3n) is 2.64. The summed E-state index contributed by atoms with van der Waals surface area (Å²) in [4.78, 5) is 13.0. The van der Waals surface area contributed by atoms with E-state index in [1.807, 2.05) is 31.3 Å². The molecule has 94 valence electrons. The van der Waals surface area contributed by atoms with Crippen molar-refractivity contribution in [3.63, 3.8) is 0 Å². The van der Waals surface area contributed by atoms with Crippen LogP contribution in [0.4, 0.5) is 5.95 Å². The van der Waals surface area contributed by atoms with Crippen molar-refractivity contribution in [1.29, 1.82) is 0 Å². The molecule has 0 spiro atoms. The smallest absolute Gasteiger partial charge is 0.223 e. The van der Waals surface area contributed by atoms with Gasteiger partial charge in [-0.15, -0.1) is 0 Å². The molecule has 18 heavy (non-hydrogen) atoms. The van der Waals surface area contributed by atoms with Gasteiger partial charge in [0.25, 0.3) is 0 Å². The summed E-state index contributed by atoms with van der Waals surface area (Å²) in [7, 11) is 0. The molecular formula is C14H18N4. The molecule has 0 bridgehead atoms. The van der Waals surface area contributed by atoms with Crippen LogP contribution >= 0.6 is 0 Å². The van der Waals surface area contributed by atoms with Crippen LogP contribution in [-0.4, -0.2) is 15.0 Å². The van der Waals surface area contributed by atoms with E-state index < -0.39 is 0 Å². The zero-order chi connectivity index (χ0) is 13.0. The lowest BCUT2D eigenvalue weighted by Crippen LogP contribution is -2.07. The van der Waals surface area contributed by atoms with Crippen molar-refractivity contribution in [3.05, 3.63) is 47.5 Å². The molecule has 2 aromatic rings. The summed E-state index contributed by atoms with van der Waals surface area (Å²) in [5, 5.41) is 3.23. The minimum atomic E-state index is 0.408. The van der Waals surface area contributed by atoms with Gasteiger partial charge in [-0.05, 0) is 30.5 Å². The van der Waals surface area contributed by atoms with Crippen molar-refractivity contribution in [3.8, 4) is 0 Å². The molecule has 0 atom stereocenters. The van der Waals surface area contributed by atoms with Gasteiger partial charge in [0.05, 0.1) is 0 Å². The fourth-order valence-corrected chi connectivity index (χ4v) is 1.65. The van der Waals surface area contributed by atoms with E-state index in [-0.39, 0.29) is 0 Å². The average Bonchev–Trinajstić information content (AvgIpc) is 2.37. The molecule has 0 aliphatic rings. The molecule has 0 aliphatic heterocycles. The molecule has 4 heteroatoms. The van der Waals surface area contributed by atoms with Crippen LogP contribution in [0.3, 0.4) is 0 Å². The van der Waals surface area contributed by atoms with Crippen molar-refractivity contribution < 1.29 is 0 Å². The molecule has 2 rings (SSSR count). The summed E-state index contributed by atoms with van der Waals surface area (Å²) in [5.74, 6) is 1.09. The summed E-state index contributed by atoms with van der Waals surface area (Å²) in [6.45, 7) is 6.94. The average molecular weight is 242 g/mol. The van der Waals surface area contributed by atoms with Crippen LogP contribution in [0.25, 0.3) is 0 Å². The van der Waals surface area contributed by atoms with Crippen molar-refractivity contribution in [1.82, 2.24) is 15.0 Å². The molecule has 4 nitrogen and oxygen atoms in total. The molecular weight excluding hydrogens is 224 g/mol. The number of aromatic nitrogens is 3. The number of aryl methyl sites for hydroxylation is 1. The van der Waals surface area contributed by atoms with E-state index in [0.29, 0.717) is 18.4 Å². The molecule has 2 heterocycles. The minimum Gasteiger partial charge on any atom is -0.350 e. The highest BCUT2D eigenvalue weighted by atomic mass is 15.1. The Morgan fingerprint density at radius 1 is 1.28 bits per heavy atom. The summed E-state index contributed by atoms with van der Waals surface area (Å²) in [6, 6.07) is 5.98. The van der Waals surface area contributed by atoms with E-state index in [4.69, 9.17) is 0 Å². The van der Waals surface area contributed by atoms with E-state index in [2.05, 4.69) is 34.1 Å². The fraction of sp³-hybridized carbons (Fsp3) is 0.357.